The molecular weight excluding hydrogens is 266 g/mol. The second kappa shape index (κ2) is 7.27. The van der Waals surface area contributed by atoms with Gasteiger partial charge in [0.15, 0.2) is 0 Å². The summed E-state index contributed by atoms with van der Waals surface area (Å²) in [5.41, 5.74) is 0.832. The summed E-state index contributed by atoms with van der Waals surface area (Å²) in [5.74, 6) is 0.602. The van der Waals surface area contributed by atoms with E-state index in [1.807, 2.05) is 24.3 Å². The molecule has 0 bridgehead atoms. The van der Waals surface area contributed by atoms with Crippen LogP contribution in [-0.2, 0) is 4.79 Å². The molecule has 1 N–H and O–H groups in total. The lowest BCUT2D eigenvalue weighted by atomic mass is 10.1. The van der Waals surface area contributed by atoms with Crippen LogP contribution in [0.5, 0.6) is 5.75 Å². The Morgan fingerprint density at radius 3 is 2.95 bits per heavy atom. The average molecular weight is 289 g/mol. The molecule has 2 atom stereocenters. The first-order chi connectivity index (χ1) is 10.0. The average Bonchev–Trinajstić information content (AvgIpc) is 2.75. The standard InChI is InChI=1S/C17H23NO3/c1-13-10-14(2)18(12-13)8-9-21-16-5-3-4-15(11-16)6-7-17(19)20/h3-7,11,13-14H,8-10,12H2,1-2H3,(H,19,20)/b7-6+. The van der Waals surface area contributed by atoms with E-state index in [1.54, 1.807) is 6.08 Å². The summed E-state index contributed by atoms with van der Waals surface area (Å²) in [6.45, 7) is 7.28. The van der Waals surface area contributed by atoms with E-state index in [2.05, 4.69) is 18.7 Å². The van der Waals surface area contributed by atoms with Gasteiger partial charge in [0, 0.05) is 25.2 Å². The van der Waals surface area contributed by atoms with Crippen molar-refractivity contribution in [2.75, 3.05) is 19.7 Å². The van der Waals surface area contributed by atoms with Crippen molar-refractivity contribution in [2.24, 2.45) is 5.92 Å². The summed E-state index contributed by atoms with van der Waals surface area (Å²) in [4.78, 5) is 13.0. The number of rotatable bonds is 6. The van der Waals surface area contributed by atoms with Crippen LogP contribution in [0.25, 0.3) is 6.08 Å². The second-order valence-corrected chi connectivity index (χ2v) is 5.78. The third-order valence-corrected chi connectivity index (χ3v) is 3.84. The number of benzene rings is 1. The van der Waals surface area contributed by atoms with Crippen molar-refractivity contribution < 1.29 is 14.6 Å². The molecule has 1 aliphatic rings. The van der Waals surface area contributed by atoms with Gasteiger partial charge in [-0.3, -0.25) is 4.90 Å². The first-order valence-electron chi connectivity index (χ1n) is 7.42. The van der Waals surface area contributed by atoms with Crippen LogP contribution >= 0.6 is 0 Å². The summed E-state index contributed by atoms with van der Waals surface area (Å²) in [5, 5.41) is 8.63. The van der Waals surface area contributed by atoms with Crippen molar-refractivity contribution in [2.45, 2.75) is 26.3 Å². The third-order valence-electron chi connectivity index (χ3n) is 3.84. The van der Waals surface area contributed by atoms with E-state index in [-0.39, 0.29) is 0 Å². The van der Waals surface area contributed by atoms with Gasteiger partial charge in [0.1, 0.15) is 12.4 Å². The molecule has 1 aromatic carbocycles. The molecule has 0 amide bonds. The third kappa shape index (κ3) is 4.90. The molecule has 114 valence electrons. The van der Waals surface area contributed by atoms with Gasteiger partial charge in [0.05, 0.1) is 0 Å². The minimum atomic E-state index is -0.946. The molecule has 2 rings (SSSR count). The fourth-order valence-electron chi connectivity index (χ4n) is 2.85. The molecule has 4 nitrogen and oxygen atoms in total. The monoisotopic (exact) mass is 289 g/mol. The van der Waals surface area contributed by atoms with Gasteiger partial charge < -0.3 is 9.84 Å². The number of likely N-dealkylation sites (tertiary alicyclic amines) is 1. The number of carbonyl (C=O) groups is 1. The molecule has 1 aromatic rings. The second-order valence-electron chi connectivity index (χ2n) is 5.78. The molecule has 0 spiro atoms. The van der Waals surface area contributed by atoms with Crippen LogP contribution in [-0.4, -0.2) is 41.7 Å². The number of ether oxygens (including phenoxy) is 1. The van der Waals surface area contributed by atoms with Gasteiger partial charge in [0.2, 0.25) is 0 Å². The number of hydrogen-bond donors (Lipinski definition) is 1. The van der Waals surface area contributed by atoms with Crippen molar-refractivity contribution >= 4 is 12.0 Å². The quantitative estimate of drug-likeness (QED) is 0.818. The Kier molecular flexibility index (Phi) is 5.39. The van der Waals surface area contributed by atoms with Crippen molar-refractivity contribution in [3.05, 3.63) is 35.9 Å². The first kappa shape index (κ1) is 15.6. The van der Waals surface area contributed by atoms with Gasteiger partial charge in [-0.25, -0.2) is 4.79 Å². The Morgan fingerprint density at radius 1 is 1.48 bits per heavy atom. The van der Waals surface area contributed by atoms with Crippen molar-refractivity contribution in [1.29, 1.82) is 0 Å². The molecule has 0 saturated carbocycles. The number of carboxylic acid groups (broad SMARTS) is 1. The number of nitrogens with zero attached hydrogens (tertiary/aromatic N) is 1. The maximum absolute atomic E-state index is 10.5. The lowest BCUT2D eigenvalue weighted by Crippen LogP contribution is -2.31. The fraction of sp³-hybridized carbons (Fsp3) is 0.471. The van der Waals surface area contributed by atoms with Gasteiger partial charge in [-0.2, -0.15) is 0 Å². The lowest BCUT2D eigenvalue weighted by molar-refractivity contribution is -0.131. The topological polar surface area (TPSA) is 49.8 Å². The molecule has 1 fully saturated rings. The summed E-state index contributed by atoms with van der Waals surface area (Å²) in [6, 6.07) is 8.12. The van der Waals surface area contributed by atoms with Gasteiger partial charge in [-0.1, -0.05) is 19.1 Å². The maximum Gasteiger partial charge on any atom is 0.328 e. The van der Waals surface area contributed by atoms with Crippen LogP contribution in [0.4, 0.5) is 0 Å². The normalized spacial score (nSPS) is 22.8. The van der Waals surface area contributed by atoms with Crippen LogP contribution in [0.1, 0.15) is 25.8 Å². The smallest absolute Gasteiger partial charge is 0.328 e. The Hall–Kier alpha value is -1.81. The Balaban J connectivity index is 1.83. The van der Waals surface area contributed by atoms with Crippen LogP contribution < -0.4 is 4.74 Å². The zero-order valence-electron chi connectivity index (χ0n) is 12.7. The Bertz CT molecular complexity index is 513. The van der Waals surface area contributed by atoms with Gasteiger partial charge in [-0.15, -0.1) is 0 Å². The molecule has 0 aliphatic carbocycles. The SMILES string of the molecule is CC1CC(C)N(CCOc2cccc(/C=C/C(=O)O)c2)C1. The van der Waals surface area contributed by atoms with Gasteiger partial charge >= 0.3 is 5.97 Å². The molecule has 1 saturated heterocycles. The van der Waals surface area contributed by atoms with Crippen molar-refractivity contribution in [1.82, 2.24) is 4.90 Å². The van der Waals surface area contributed by atoms with Gasteiger partial charge in [-0.05, 0) is 43.0 Å². The lowest BCUT2D eigenvalue weighted by Gasteiger charge is -2.20. The zero-order valence-corrected chi connectivity index (χ0v) is 12.7. The van der Waals surface area contributed by atoms with E-state index in [4.69, 9.17) is 9.84 Å². The maximum atomic E-state index is 10.5. The van der Waals surface area contributed by atoms with Crippen LogP contribution in [0.2, 0.25) is 0 Å². The zero-order chi connectivity index (χ0) is 15.2. The van der Waals surface area contributed by atoms with E-state index in [0.717, 1.165) is 36.4 Å². The fourth-order valence-corrected chi connectivity index (χ4v) is 2.85. The molecule has 1 heterocycles. The highest BCUT2D eigenvalue weighted by Gasteiger charge is 2.25. The van der Waals surface area contributed by atoms with Crippen LogP contribution in [0.15, 0.2) is 30.3 Å². The minimum absolute atomic E-state index is 0.633. The highest BCUT2D eigenvalue weighted by Crippen LogP contribution is 2.22. The number of aliphatic carboxylic acids is 1. The van der Waals surface area contributed by atoms with E-state index >= 15 is 0 Å². The van der Waals surface area contributed by atoms with Crippen LogP contribution in [0.3, 0.4) is 0 Å². The Morgan fingerprint density at radius 2 is 2.29 bits per heavy atom. The summed E-state index contributed by atoms with van der Waals surface area (Å²) >= 11 is 0. The largest absolute Gasteiger partial charge is 0.492 e. The molecule has 0 aromatic heterocycles. The summed E-state index contributed by atoms with van der Waals surface area (Å²) < 4.78 is 5.78. The summed E-state index contributed by atoms with van der Waals surface area (Å²) in [6.07, 6.45) is 3.96. The number of carboxylic acids is 1. The predicted octanol–water partition coefficient (Wildman–Crippen LogP) is 2.89. The molecular formula is C17H23NO3. The highest BCUT2D eigenvalue weighted by atomic mass is 16.5. The number of hydrogen-bond acceptors (Lipinski definition) is 3. The predicted molar refractivity (Wildman–Crippen MR) is 83.4 cm³/mol. The Labute approximate surface area is 126 Å². The van der Waals surface area contributed by atoms with E-state index in [0.29, 0.717) is 12.6 Å². The molecule has 4 heteroatoms. The molecule has 21 heavy (non-hydrogen) atoms. The summed E-state index contributed by atoms with van der Waals surface area (Å²) in [7, 11) is 0. The molecule has 0 radical (unpaired) electrons. The first-order valence-corrected chi connectivity index (χ1v) is 7.42. The molecule has 1 aliphatic heterocycles. The van der Waals surface area contributed by atoms with E-state index < -0.39 is 5.97 Å². The molecule has 2 unspecified atom stereocenters. The van der Waals surface area contributed by atoms with E-state index in [1.165, 1.54) is 6.42 Å². The minimum Gasteiger partial charge on any atom is -0.492 e. The van der Waals surface area contributed by atoms with Crippen LogP contribution in [0, 0.1) is 5.92 Å². The highest BCUT2D eigenvalue weighted by molar-refractivity contribution is 5.85. The van der Waals surface area contributed by atoms with Gasteiger partial charge in [0.25, 0.3) is 0 Å². The van der Waals surface area contributed by atoms with E-state index in [9.17, 15) is 4.79 Å². The van der Waals surface area contributed by atoms with Crippen molar-refractivity contribution in [3.8, 4) is 5.75 Å². The van der Waals surface area contributed by atoms with Crippen molar-refractivity contribution in [3.63, 3.8) is 0 Å².